The number of carbonyl (C=O) groups excluding carboxylic acids is 1. The number of hydrogen-bond donors (Lipinski definition) is 2. The minimum Gasteiger partial charge on any atom is -0.446 e. The zero-order chi connectivity index (χ0) is 32.6. The number of anilines is 2. The molecular formula is C29H28ClF4N9O3. The Balaban J connectivity index is 1.18. The molecule has 0 atom stereocenters. The third-order valence-corrected chi connectivity index (χ3v) is 8.32. The van der Waals surface area contributed by atoms with Crippen molar-refractivity contribution in [3.8, 4) is 22.6 Å². The summed E-state index contributed by atoms with van der Waals surface area (Å²) in [5, 5.41) is 9.31. The van der Waals surface area contributed by atoms with Crippen LogP contribution in [0, 0.1) is 0 Å². The van der Waals surface area contributed by atoms with Gasteiger partial charge in [0.05, 0.1) is 23.1 Å². The summed E-state index contributed by atoms with van der Waals surface area (Å²) in [7, 11) is 1.63. The van der Waals surface area contributed by atoms with Gasteiger partial charge < -0.3 is 14.6 Å². The summed E-state index contributed by atoms with van der Waals surface area (Å²) in [6, 6.07) is 2.51. The number of rotatable bonds is 8. The van der Waals surface area contributed by atoms with E-state index in [1.807, 2.05) is 0 Å². The van der Waals surface area contributed by atoms with Gasteiger partial charge in [-0.1, -0.05) is 11.6 Å². The van der Waals surface area contributed by atoms with E-state index in [4.69, 9.17) is 16.3 Å². The summed E-state index contributed by atoms with van der Waals surface area (Å²) in [4.78, 5) is 43.5. The van der Waals surface area contributed by atoms with Crippen molar-refractivity contribution in [3.05, 3.63) is 64.1 Å². The quantitative estimate of drug-likeness (QED) is 0.232. The van der Waals surface area contributed by atoms with Gasteiger partial charge in [0.2, 0.25) is 5.95 Å². The highest BCUT2D eigenvalue weighted by Crippen LogP contribution is 2.40. The first-order chi connectivity index (χ1) is 21.9. The Labute approximate surface area is 264 Å². The van der Waals surface area contributed by atoms with Crippen molar-refractivity contribution in [2.75, 3.05) is 16.8 Å². The topological polar surface area (TPSA) is 144 Å². The smallest absolute Gasteiger partial charge is 0.420 e. The van der Waals surface area contributed by atoms with E-state index in [2.05, 4.69) is 35.5 Å². The summed E-state index contributed by atoms with van der Waals surface area (Å²) in [5.41, 5.74) is -2.44. The number of ether oxygens (including phenoxy) is 1. The Morgan fingerprint density at radius 3 is 2.52 bits per heavy atom. The first-order valence-electron chi connectivity index (χ1n) is 14.4. The Hall–Kier alpha value is -4.60. The molecule has 2 N–H and O–H groups in total. The number of halogens is 5. The standard InChI is InChI=1S/C29H28ClF4N9O3/c1-42-9-6-16(10-23(42)44)21-13-36-22(14-35-21)43(27(45)46-15-28(31)7-8-28)18-4-2-17(3-5-18)39-26-37-11-19(29(32,33)34)24(40-26)25-20(30)12-38-41-25/h6,9-14,17-18H,2-5,7-8,15H2,1H3,(H,38,41)(H,37,39,40)/t17-,18-. The number of aromatic amines is 1. The molecular weight excluding hydrogens is 634 g/mol. The van der Waals surface area contributed by atoms with Crippen molar-refractivity contribution in [1.82, 2.24) is 34.7 Å². The molecule has 0 spiro atoms. The highest BCUT2D eigenvalue weighted by molar-refractivity contribution is 6.32. The molecule has 4 aromatic rings. The number of aromatic nitrogens is 7. The molecule has 0 unspecified atom stereocenters. The second-order valence-electron chi connectivity index (χ2n) is 11.4. The van der Waals surface area contributed by atoms with Crippen molar-refractivity contribution >= 4 is 29.5 Å². The third kappa shape index (κ3) is 6.80. The average Bonchev–Trinajstić information content (AvgIpc) is 3.62. The van der Waals surface area contributed by atoms with Gasteiger partial charge in [0, 0.05) is 49.4 Å². The normalized spacial score (nSPS) is 19.0. The molecule has 1 amide bonds. The van der Waals surface area contributed by atoms with Crippen molar-refractivity contribution < 1.29 is 27.1 Å². The van der Waals surface area contributed by atoms with Gasteiger partial charge in [-0.3, -0.25) is 19.8 Å². The number of pyridine rings is 1. The van der Waals surface area contributed by atoms with E-state index in [1.54, 1.807) is 19.3 Å². The number of nitrogens with one attached hydrogen (secondary N) is 2. The molecule has 17 heteroatoms. The molecule has 0 bridgehead atoms. The van der Waals surface area contributed by atoms with Gasteiger partial charge in [0.15, 0.2) is 5.82 Å². The Morgan fingerprint density at radius 2 is 1.91 bits per heavy atom. The minimum atomic E-state index is -4.73. The lowest BCUT2D eigenvalue weighted by Crippen LogP contribution is -2.45. The van der Waals surface area contributed by atoms with Crippen molar-refractivity contribution in [3.63, 3.8) is 0 Å². The van der Waals surface area contributed by atoms with Gasteiger partial charge in [-0.05, 0) is 44.6 Å². The van der Waals surface area contributed by atoms with E-state index in [-0.39, 0.29) is 40.7 Å². The summed E-state index contributed by atoms with van der Waals surface area (Å²) in [6.07, 6.45) is 3.42. The number of carbonyl (C=O) groups is 1. The lowest BCUT2D eigenvalue weighted by molar-refractivity contribution is -0.137. The zero-order valence-corrected chi connectivity index (χ0v) is 25.1. The molecule has 6 rings (SSSR count). The first-order valence-corrected chi connectivity index (χ1v) is 14.8. The van der Waals surface area contributed by atoms with E-state index in [0.29, 0.717) is 56.0 Å². The molecule has 2 saturated carbocycles. The van der Waals surface area contributed by atoms with Crippen LogP contribution in [0.15, 0.2) is 47.9 Å². The van der Waals surface area contributed by atoms with Crippen LogP contribution in [0.3, 0.4) is 0 Å². The summed E-state index contributed by atoms with van der Waals surface area (Å²) >= 11 is 6.04. The minimum absolute atomic E-state index is 0.0211. The van der Waals surface area contributed by atoms with Gasteiger partial charge in [-0.15, -0.1) is 0 Å². The van der Waals surface area contributed by atoms with Crippen LogP contribution in [0.4, 0.5) is 34.1 Å². The highest BCUT2D eigenvalue weighted by Gasteiger charge is 2.45. The Bertz CT molecular complexity index is 1790. The average molecular weight is 662 g/mol. The fraction of sp³-hybridized carbons (Fsp3) is 0.414. The fourth-order valence-corrected chi connectivity index (χ4v) is 5.39. The van der Waals surface area contributed by atoms with Gasteiger partial charge in [0.1, 0.15) is 29.2 Å². The molecule has 12 nitrogen and oxygen atoms in total. The van der Waals surface area contributed by atoms with Gasteiger partial charge in [-0.2, -0.15) is 18.3 Å². The van der Waals surface area contributed by atoms with E-state index in [9.17, 15) is 27.2 Å². The maximum atomic E-state index is 14.3. The van der Waals surface area contributed by atoms with Gasteiger partial charge in [0.25, 0.3) is 5.56 Å². The Kier molecular flexibility index (Phi) is 8.39. The summed E-state index contributed by atoms with van der Waals surface area (Å²) in [6.45, 7) is -0.369. The molecule has 2 fully saturated rings. The number of alkyl halides is 4. The second-order valence-corrected chi connectivity index (χ2v) is 11.8. The molecule has 46 heavy (non-hydrogen) atoms. The molecule has 2 aliphatic rings. The molecule has 0 radical (unpaired) electrons. The Morgan fingerprint density at radius 1 is 1.15 bits per heavy atom. The van der Waals surface area contributed by atoms with E-state index < -0.39 is 35.2 Å². The van der Waals surface area contributed by atoms with Crippen LogP contribution in [-0.2, 0) is 18.0 Å². The lowest BCUT2D eigenvalue weighted by atomic mass is 9.90. The fourth-order valence-electron chi connectivity index (χ4n) is 5.21. The van der Waals surface area contributed by atoms with Crippen LogP contribution in [0.25, 0.3) is 22.6 Å². The van der Waals surface area contributed by atoms with E-state index in [0.717, 1.165) is 0 Å². The SMILES string of the molecule is Cn1ccc(-c2cnc(N(C(=O)OCC3(F)CC3)[C@H]3CC[C@H](Nc4ncc(C(F)(F)F)c(-c5n[nH]cc5Cl)n4)CC3)cn2)cc1=O. The van der Waals surface area contributed by atoms with Crippen LogP contribution >= 0.6 is 11.6 Å². The number of H-pyrrole nitrogens is 1. The van der Waals surface area contributed by atoms with Crippen LogP contribution in [-0.4, -0.2) is 65.2 Å². The van der Waals surface area contributed by atoms with E-state index >= 15 is 0 Å². The van der Waals surface area contributed by atoms with Gasteiger partial charge in [-0.25, -0.2) is 24.1 Å². The monoisotopic (exact) mass is 661 g/mol. The van der Waals surface area contributed by atoms with Crippen LogP contribution in [0.1, 0.15) is 44.1 Å². The molecule has 0 aliphatic heterocycles. The van der Waals surface area contributed by atoms with Crippen molar-refractivity contribution in [2.24, 2.45) is 7.05 Å². The maximum absolute atomic E-state index is 14.3. The molecule has 2 aliphatic carbocycles. The number of aryl methyl sites for hydroxylation is 1. The molecule has 4 aromatic heterocycles. The zero-order valence-electron chi connectivity index (χ0n) is 24.4. The third-order valence-electron chi connectivity index (χ3n) is 8.04. The predicted molar refractivity (Wildman–Crippen MR) is 159 cm³/mol. The number of nitrogens with zero attached hydrogens (tertiary/aromatic N) is 7. The summed E-state index contributed by atoms with van der Waals surface area (Å²) < 4.78 is 62.1. The summed E-state index contributed by atoms with van der Waals surface area (Å²) in [5.74, 6) is 0.168. The van der Waals surface area contributed by atoms with Crippen LogP contribution in [0.2, 0.25) is 5.02 Å². The number of amides is 1. The number of hydrogen-bond acceptors (Lipinski definition) is 9. The molecule has 0 saturated heterocycles. The van der Waals surface area contributed by atoms with Crippen LogP contribution in [0.5, 0.6) is 0 Å². The van der Waals surface area contributed by atoms with E-state index in [1.165, 1.54) is 34.1 Å². The molecule has 4 heterocycles. The largest absolute Gasteiger partial charge is 0.446 e. The predicted octanol–water partition coefficient (Wildman–Crippen LogP) is 5.56. The molecule has 0 aromatic carbocycles. The highest BCUT2D eigenvalue weighted by atomic mass is 35.5. The van der Waals surface area contributed by atoms with Crippen LogP contribution < -0.4 is 15.8 Å². The van der Waals surface area contributed by atoms with Gasteiger partial charge >= 0.3 is 12.3 Å². The molecule has 242 valence electrons. The first kappa shape index (κ1) is 31.4. The lowest BCUT2D eigenvalue weighted by Gasteiger charge is -2.35. The second kappa shape index (κ2) is 12.3. The van der Waals surface area contributed by atoms with Crippen molar-refractivity contribution in [2.45, 2.75) is 62.5 Å². The maximum Gasteiger partial charge on any atom is 0.420 e. The van der Waals surface area contributed by atoms with Crippen molar-refractivity contribution in [1.29, 1.82) is 0 Å².